The van der Waals surface area contributed by atoms with Crippen LogP contribution in [0.2, 0.25) is 0 Å². The zero-order valence-corrected chi connectivity index (χ0v) is 20.5. The average Bonchev–Trinajstić information content (AvgIpc) is 3.01. The Morgan fingerprint density at radius 3 is 1.55 bits per heavy atom. The van der Waals surface area contributed by atoms with Crippen LogP contribution in [0.1, 0.15) is 0 Å². The molecule has 0 saturated heterocycles. The van der Waals surface area contributed by atoms with Crippen molar-refractivity contribution in [2.75, 3.05) is 0 Å². The van der Waals surface area contributed by atoms with Gasteiger partial charge in [-0.15, -0.1) is 0 Å². The zero-order chi connectivity index (χ0) is 25.3. The minimum Gasteiger partial charge on any atom is -0.234 e. The van der Waals surface area contributed by atoms with E-state index < -0.39 is 0 Å². The molecule has 0 fully saturated rings. The third kappa shape index (κ3) is 4.18. The quantitative estimate of drug-likeness (QED) is 0.251. The van der Waals surface area contributed by atoms with Gasteiger partial charge in [-0.2, -0.15) is 0 Å². The van der Waals surface area contributed by atoms with E-state index in [2.05, 4.69) is 119 Å². The second-order valence-electron chi connectivity index (χ2n) is 9.24. The van der Waals surface area contributed by atoms with Crippen LogP contribution in [0.5, 0.6) is 0 Å². The first kappa shape index (κ1) is 22.0. The highest BCUT2D eigenvalue weighted by atomic mass is 15.0. The van der Waals surface area contributed by atoms with E-state index in [1.807, 2.05) is 6.07 Å². The molecule has 178 valence electrons. The van der Waals surface area contributed by atoms with Gasteiger partial charge in [0.2, 0.25) is 0 Å². The molecule has 0 aliphatic heterocycles. The fraction of sp³-hybridized carbons (Fsp3) is 0. The fourth-order valence-electron chi connectivity index (χ4n) is 4.82. The molecular weight excluding hydrogens is 464 g/mol. The highest BCUT2D eigenvalue weighted by Gasteiger charge is 2.13. The molecule has 0 amide bonds. The van der Waals surface area contributed by atoms with E-state index in [-0.39, 0.29) is 0 Å². The molecule has 2 heterocycles. The molecule has 0 aliphatic carbocycles. The van der Waals surface area contributed by atoms with E-state index >= 15 is 0 Å². The van der Waals surface area contributed by atoms with E-state index in [0.29, 0.717) is 11.6 Å². The van der Waals surface area contributed by atoms with Crippen molar-refractivity contribution in [1.82, 2.24) is 19.9 Å². The second-order valence-corrected chi connectivity index (χ2v) is 9.24. The lowest BCUT2D eigenvalue weighted by Crippen LogP contribution is -1.98. The lowest BCUT2D eigenvalue weighted by Gasteiger charge is -2.10. The molecular formula is C34H22N4. The average molecular weight is 487 g/mol. The van der Waals surface area contributed by atoms with E-state index in [1.54, 1.807) is 18.5 Å². The molecule has 0 radical (unpaired) electrons. The Labute approximate surface area is 220 Å². The van der Waals surface area contributed by atoms with E-state index in [0.717, 1.165) is 27.9 Å². The molecule has 7 aromatic rings. The molecule has 0 bridgehead atoms. The predicted octanol–water partition coefficient (Wildman–Crippen LogP) is 8.24. The third-order valence-corrected chi connectivity index (χ3v) is 6.78. The van der Waals surface area contributed by atoms with Gasteiger partial charge in [0.05, 0.1) is 11.4 Å². The smallest absolute Gasteiger partial charge is 0.198 e. The summed E-state index contributed by atoms with van der Waals surface area (Å²) in [5, 5.41) is 4.71. The van der Waals surface area contributed by atoms with Crippen molar-refractivity contribution < 1.29 is 0 Å². The molecule has 2 aromatic heterocycles. The highest BCUT2D eigenvalue weighted by Crippen LogP contribution is 2.31. The van der Waals surface area contributed by atoms with Gasteiger partial charge in [0.25, 0.3) is 0 Å². The van der Waals surface area contributed by atoms with Gasteiger partial charge in [0.15, 0.2) is 11.6 Å². The van der Waals surface area contributed by atoms with Gasteiger partial charge in [-0.3, -0.25) is 0 Å². The van der Waals surface area contributed by atoms with Crippen molar-refractivity contribution in [2.24, 2.45) is 0 Å². The van der Waals surface area contributed by atoms with Gasteiger partial charge in [-0.1, -0.05) is 91.0 Å². The molecule has 0 spiro atoms. The summed E-state index contributed by atoms with van der Waals surface area (Å²) in [6.07, 6.45) is 3.43. The Balaban J connectivity index is 1.36. The molecule has 5 aromatic carbocycles. The van der Waals surface area contributed by atoms with Crippen LogP contribution in [0.4, 0.5) is 0 Å². The topological polar surface area (TPSA) is 51.6 Å². The molecule has 4 heteroatoms. The minimum absolute atomic E-state index is 0.504. The Hall–Kier alpha value is -5.22. The van der Waals surface area contributed by atoms with Crippen molar-refractivity contribution in [3.63, 3.8) is 0 Å². The molecule has 0 atom stereocenters. The normalized spacial score (nSPS) is 11.2. The minimum atomic E-state index is 0.504. The maximum Gasteiger partial charge on any atom is 0.198 e. The standard InChI is InChI=1S/C34H22N4/c1-2-7-23(8-3-1)26-12-13-28-21-30(16-14-27(28)19-26)32-22-31(37-34(38-32)33-35-17-6-18-36-33)29-15-11-24-9-4-5-10-25(24)20-29/h1-22H. The highest BCUT2D eigenvalue weighted by molar-refractivity contribution is 5.91. The number of rotatable bonds is 4. The first-order chi connectivity index (χ1) is 18.8. The van der Waals surface area contributed by atoms with Crippen LogP contribution in [0.3, 0.4) is 0 Å². The Bertz CT molecular complexity index is 1920. The summed E-state index contributed by atoms with van der Waals surface area (Å²) in [4.78, 5) is 18.6. The number of hydrogen-bond acceptors (Lipinski definition) is 4. The second kappa shape index (κ2) is 9.34. The lowest BCUT2D eigenvalue weighted by molar-refractivity contribution is 1.08. The molecule has 4 nitrogen and oxygen atoms in total. The Kier molecular flexibility index (Phi) is 5.41. The van der Waals surface area contributed by atoms with Crippen LogP contribution in [0.25, 0.3) is 66.8 Å². The Morgan fingerprint density at radius 1 is 0.342 bits per heavy atom. The maximum atomic E-state index is 4.90. The van der Waals surface area contributed by atoms with Gasteiger partial charge in [0, 0.05) is 23.5 Å². The van der Waals surface area contributed by atoms with Gasteiger partial charge in [0.1, 0.15) is 0 Å². The molecule has 0 N–H and O–H groups in total. The summed E-state index contributed by atoms with van der Waals surface area (Å²) in [6.45, 7) is 0. The number of benzene rings is 5. The fourth-order valence-corrected chi connectivity index (χ4v) is 4.82. The summed E-state index contributed by atoms with van der Waals surface area (Å²) in [5.74, 6) is 1.01. The van der Waals surface area contributed by atoms with Crippen molar-refractivity contribution in [3.8, 4) is 45.3 Å². The first-order valence-electron chi connectivity index (χ1n) is 12.6. The first-order valence-corrected chi connectivity index (χ1v) is 12.6. The monoisotopic (exact) mass is 486 g/mol. The lowest BCUT2D eigenvalue weighted by atomic mass is 9.98. The van der Waals surface area contributed by atoms with Gasteiger partial charge in [-0.05, 0) is 63.0 Å². The SMILES string of the molecule is c1ccc(-c2ccc3cc(-c4cc(-c5ccc6ccccc6c5)nc(-c5ncccn5)n4)ccc3c2)cc1. The van der Waals surface area contributed by atoms with E-state index in [4.69, 9.17) is 9.97 Å². The number of nitrogens with zero attached hydrogens (tertiary/aromatic N) is 4. The largest absolute Gasteiger partial charge is 0.234 e. The number of hydrogen-bond donors (Lipinski definition) is 0. The summed E-state index contributed by atoms with van der Waals surface area (Å²) >= 11 is 0. The third-order valence-electron chi connectivity index (χ3n) is 6.78. The van der Waals surface area contributed by atoms with Crippen LogP contribution >= 0.6 is 0 Å². The van der Waals surface area contributed by atoms with Gasteiger partial charge >= 0.3 is 0 Å². The summed E-state index contributed by atoms with van der Waals surface area (Å²) in [7, 11) is 0. The summed E-state index contributed by atoms with van der Waals surface area (Å²) < 4.78 is 0. The number of aromatic nitrogens is 4. The summed E-state index contributed by atoms with van der Waals surface area (Å²) in [5.41, 5.74) is 6.13. The van der Waals surface area contributed by atoms with Crippen LogP contribution in [0.15, 0.2) is 134 Å². The van der Waals surface area contributed by atoms with Crippen LogP contribution in [0, 0.1) is 0 Å². The van der Waals surface area contributed by atoms with Gasteiger partial charge < -0.3 is 0 Å². The molecule has 0 saturated carbocycles. The van der Waals surface area contributed by atoms with E-state index in [1.165, 1.54) is 27.3 Å². The van der Waals surface area contributed by atoms with Crippen molar-refractivity contribution in [1.29, 1.82) is 0 Å². The predicted molar refractivity (Wildman–Crippen MR) is 154 cm³/mol. The van der Waals surface area contributed by atoms with Crippen molar-refractivity contribution in [3.05, 3.63) is 134 Å². The van der Waals surface area contributed by atoms with Crippen LogP contribution < -0.4 is 0 Å². The maximum absolute atomic E-state index is 4.90. The van der Waals surface area contributed by atoms with Crippen LogP contribution in [-0.4, -0.2) is 19.9 Å². The van der Waals surface area contributed by atoms with Crippen molar-refractivity contribution in [2.45, 2.75) is 0 Å². The van der Waals surface area contributed by atoms with E-state index in [9.17, 15) is 0 Å². The Morgan fingerprint density at radius 2 is 0.868 bits per heavy atom. The molecule has 7 rings (SSSR count). The van der Waals surface area contributed by atoms with Gasteiger partial charge in [-0.25, -0.2) is 19.9 Å². The molecule has 38 heavy (non-hydrogen) atoms. The number of fused-ring (bicyclic) bond motifs is 2. The molecule has 0 unspecified atom stereocenters. The summed E-state index contributed by atoms with van der Waals surface area (Å²) in [6, 6.07) is 42.1. The van der Waals surface area contributed by atoms with Crippen molar-refractivity contribution >= 4 is 21.5 Å². The molecule has 0 aliphatic rings. The van der Waals surface area contributed by atoms with Crippen LogP contribution in [-0.2, 0) is 0 Å². The zero-order valence-electron chi connectivity index (χ0n) is 20.5.